The molecule has 0 bridgehead atoms. The summed E-state index contributed by atoms with van der Waals surface area (Å²) in [7, 11) is 1.68. The third-order valence-corrected chi connectivity index (χ3v) is 3.68. The summed E-state index contributed by atoms with van der Waals surface area (Å²) in [5.74, 6) is 0.876. The standard InChI is InChI=1S/C14H11NOS.C2H6/c1-16-11-7-8-12-13(9-11)17-14(15-12)10-5-3-2-4-6-10;1-2/h2-9H,1H3;1-2H3. The highest BCUT2D eigenvalue weighted by atomic mass is 32.1. The third kappa shape index (κ3) is 2.93. The quantitative estimate of drug-likeness (QED) is 0.654. The van der Waals surface area contributed by atoms with Crippen LogP contribution in [0.1, 0.15) is 13.8 Å². The van der Waals surface area contributed by atoms with Crippen LogP contribution in [0.2, 0.25) is 0 Å². The number of methoxy groups -OCH3 is 1. The van der Waals surface area contributed by atoms with Gasteiger partial charge < -0.3 is 4.74 Å². The molecule has 98 valence electrons. The first kappa shape index (κ1) is 13.6. The molecule has 3 aromatic rings. The van der Waals surface area contributed by atoms with E-state index in [0.717, 1.165) is 26.5 Å². The fourth-order valence-corrected chi connectivity index (χ4v) is 2.74. The van der Waals surface area contributed by atoms with Crippen molar-refractivity contribution in [3.63, 3.8) is 0 Å². The van der Waals surface area contributed by atoms with Gasteiger partial charge in [-0.05, 0) is 18.2 Å². The highest BCUT2D eigenvalue weighted by molar-refractivity contribution is 7.21. The van der Waals surface area contributed by atoms with Crippen LogP contribution < -0.4 is 4.74 Å². The van der Waals surface area contributed by atoms with Gasteiger partial charge in [-0.2, -0.15) is 0 Å². The lowest BCUT2D eigenvalue weighted by atomic mass is 10.2. The summed E-state index contributed by atoms with van der Waals surface area (Å²) in [6, 6.07) is 16.2. The maximum atomic E-state index is 5.22. The molecule has 1 heterocycles. The van der Waals surface area contributed by atoms with Gasteiger partial charge in [0.25, 0.3) is 0 Å². The molecular formula is C16H17NOS. The van der Waals surface area contributed by atoms with Crippen LogP contribution >= 0.6 is 11.3 Å². The van der Waals surface area contributed by atoms with Crippen molar-refractivity contribution in [3.8, 4) is 16.3 Å². The van der Waals surface area contributed by atoms with E-state index in [0.29, 0.717) is 0 Å². The molecular weight excluding hydrogens is 254 g/mol. The summed E-state index contributed by atoms with van der Waals surface area (Å²) in [6.45, 7) is 4.00. The Hall–Kier alpha value is -1.87. The van der Waals surface area contributed by atoms with Gasteiger partial charge in [-0.25, -0.2) is 4.98 Å². The summed E-state index contributed by atoms with van der Waals surface area (Å²) in [4.78, 5) is 4.62. The van der Waals surface area contributed by atoms with Crippen molar-refractivity contribution >= 4 is 21.6 Å². The van der Waals surface area contributed by atoms with Crippen molar-refractivity contribution < 1.29 is 4.74 Å². The molecule has 0 unspecified atom stereocenters. The number of nitrogens with zero attached hydrogens (tertiary/aromatic N) is 1. The zero-order valence-corrected chi connectivity index (χ0v) is 12.2. The molecule has 0 saturated heterocycles. The molecule has 0 radical (unpaired) electrons. The minimum absolute atomic E-state index is 0.876. The van der Waals surface area contributed by atoms with Crippen LogP contribution in [-0.4, -0.2) is 12.1 Å². The first-order valence-corrected chi connectivity index (χ1v) is 7.18. The van der Waals surface area contributed by atoms with E-state index in [9.17, 15) is 0 Å². The van der Waals surface area contributed by atoms with Crippen LogP contribution in [0.25, 0.3) is 20.8 Å². The van der Waals surface area contributed by atoms with E-state index in [2.05, 4.69) is 17.1 Å². The van der Waals surface area contributed by atoms with E-state index in [-0.39, 0.29) is 0 Å². The molecule has 0 fully saturated rings. The van der Waals surface area contributed by atoms with Crippen LogP contribution in [0.3, 0.4) is 0 Å². The molecule has 0 spiro atoms. The Morgan fingerprint density at radius 3 is 2.42 bits per heavy atom. The van der Waals surface area contributed by atoms with Gasteiger partial charge in [0.1, 0.15) is 10.8 Å². The number of thiazole rings is 1. The molecule has 1 aromatic heterocycles. The maximum Gasteiger partial charge on any atom is 0.124 e. The SMILES string of the molecule is CC.COc1ccc2nc(-c3ccccc3)sc2c1. The molecule has 19 heavy (non-hydrogen) atoms. The minimum Gasteiger partial charge on any atom is -0.497 e. The Morgan fingerprint density at radius 2 is 1.74 bits per heavy atom. The van der Waals surface area contributed by atoms with E-state index in [4.69, 9.17) is 4.74 Å². The zero-order chi connectivity index (χ0) is 13.7. The second kappa shape index (κ2) is 6.34. The third-order valence-electron chi connectivity index (χ3n) is 2.62. The molecule has 0 aliphatic heterocycles. The summed E-state index contributed by atoms with van der Waals surface area (Å²) in [5.41, 5.74) is 2.18. The topological polar surface area (TPSA) is 22.1 Å². The zero-order valence-electron chi connectivity index (χ0n) is 11.4. The van der Waals surface area contributed by atoms with Crippen LogP contribution in [0.15, 0.2) is 48.5 Å². The van der Waals surface area contributed by atoms with Gasteiger partial charge in [-0.1, -0.05) is 44.2 Å². The average molecular weight is 271 g/mol. The van der Waals surface area contributed by atoms with Crippen molar-refractivity contribution in [2.45, 2.75) is 13.8 Å². The van der Waals surface area contributed by atoms with Gasteiger partial charge in [-0.3, -0.25) is 0 Å². The van der Waals surface area contributed by atoms with Gasteiger partial charge in [0.2, 0.25) is 0 Å². The highest BCUT2D eigenvalue weighted by Crippen LogP contribution is 2.31. The second-order valence-electron chi connectivity index (χ2n) is 3.72. The number of aromatic nitrogens is 1. The average Bonchev–Trinajstić information content (AvgIpc) is 2.93. The number of benzene rings is 2. The minimum atomic E-state index is 0.876. The molecule has 0 saturated carbocycles. The number of fused-ring (bicyclic) bond motifs is 1. The maximum absolute atomic E-state index is 5.22. The number of rotatable bonds is 2. The number of hydrogen-bond donors (Lipinski definition) is 0. The van der Waals surface area contributed by atoms with E-state index in [1.54, 1.807) is 18.4 Å². The molecule has 0 amide bonds. The molecule has 3 heteroatoms. The van der Waals surface area contributed by atoms with Gasteiger partial charge in [-0.15, -0.1) is 11.3 Å². The molecule has 3 rings (SSSR count). The number of ether oxygens (including phenoxy) is 1. The Kier molecular flexibility index (Phi) is 4.53. The van der Waals surface area contributed by atoms with Crippen LogP contribution in [0, 0.1) is 0 Å². The van der Waals surface area contributed by atoms with Gasteiger partial charge in [0.15, 0.2) is 0 Å². The van der Waals surface area contributed by atoms with Crippen molar-refractivity contribution in [2.75, 3.05) is 7.11 Å². The van der Waals surface area contributed by atoms with Gasteiger partial charge in [0, 0.05) is 5.56 Å². The molecule has 0 aliphatic carbocycles. The van der Waals surface area contributed by atoms with Crippen LogP contribution in [-0.2, 0) is 0 Å². The fraction of sp³-hybridized carbons (Fsp3) is 0.188. The summed E-state index contributed by atoms with van der Waals surface area (Å²) in [6.07, 6.45) is 0. The summed E-state index contributed by atoms with van der Waals surface area (Å²) in [5, 5.41) is 1.05. The monoisotopic (exact) mass is 271 g/mol. The molecule has 0 N–H and O–H groups in total. The van der Waals surface area contributed by atoms with Crippen LogP contribution in [0.5, 0.6) is 5.75 Å². The second-order valence-corrected chi connectivity index (χ2v) is 4.75. The van der Waals surface area contributed by atoms with E-state index in [1.165, 1.54) is 0 Å². The van der Waals surface area contributed by atoms with Gasteiger partial charge in [0.05, 0.1) is 17.3 Å². The summed E-state index contributed by atoms with van der Waals surface area (Å²) >= 11 is 1.69. The molecule has 0 aliphatic rings. The Morgan fingerprint density at radius 1 is 1.00 bits per heavy atom. The van der Waals surface area contributed by atoms with Crippen molar-refractivity contribution in [1.82, 2.24) is 4.98 Å². The predicted molar refractivity (Wildman–Crippen MR) is 83.0 cm³/mol. The van der Waals surface area contributed by atoms with Crippen molar-refractivity contribution in [3.05, 3.63) is 48.5 Å². The van der Waals surface area contributed by atoms with E-state index >= 15 is 0 Å². The van der Waals surface area contributed by atoms with Gasteiger partial charge >= 0.3 is 0 Å². The lowest BCUT2D eigenvalue weighted by Crippen LogP contribution is -1.80. The molecule has 0 atom stereocenters. The predicted octanol–water partition coefficient (Wildman–Crippen LogP) is 5.00. The van der Waals surface area contributed by atoms with E-state index < -0.39 is 0 Å². The van der Waals surface area contributed by atoms with Crippen molar-refractivity contribution in [2.24, 2.45) is 0 Å². The Bertz CT molecular complexity index is 646. The largest absolute Gasteiger partial charge is 0.497 e. The summed E-state index contributed by atoms with van der Waals surface area (Å²) < 4.78 is 6.37. The molecule has 2 nitrogen and oxygen atoms in total. The van der Waals surface area contributed by atoms with Crippen LogP contribution in [0.4, 0.5) is 0 Å². The lowest BCUT2D eigenvalue weighted by molar-refractivity contribution is 0.415. The lowest BCUT2D eigenvalue weighted by Gasteiger charge is -1.96. The normalized spacial score (nSPS) is 9.84. The van der Waals surface area contributed by atoms with Crippen molar-refractivity contribution in [1.29, 1.82) is 0 Å². The smallest absolute Gasteiger partial charge is 0.124 e. The fourth-order valence-electron chi connectivity index (χ4n) is 1.74. The number of hydrogen-bond acceptors (Lipinski definition) is 3. The first-order valence-electron chi connectivity index (χ1n) is 6.37. The van der Waals surface area contributed by atoms with E-state index in [1.807, 2.05) is 50.2 Å². The Labute approximate surface area is 117 Å². The molecule has 2 aromatic carbocycles. The first-order chi connectivity index (χ1) is 9.36. The highest BCUT2D eigenvalue weighted by Gasteiger charge is 2.06. The Balaban J connectivity index is 0.000000637.